The predicted octanol–water partition coefficient (Wildman–Crippen LogP) is 4.94. The Morgan fingerprint density at radius 3 is 2.38 bits per heavy atom. The molecule has 1 atom stereocenters. The lowest BCUT2D eigenvalue weighted by atomic mass is 9.93. The predicted molar refractivity (Wildman–Crippen MR) is 106 cm³/mol. The van der Waals surface area contributed by atoms with Crippen LogP contribution in [-0.2, 0) is 4.74 Å². The van der Waals surface area contributed by atoms with Gasteiger partial charge in [0.1, 0.15) is 0 Å². The van der Waals surface area contributed by atoms with Gasteiger partial charge in [0, 0.05) is 13.2 Å². The second-order valence-electron chi connectivity index (χ2n) is 7.39. The minimum Gasteiger partial charge on any atom is -0.313 e. The van der Waals surface area contributed by atoms with E-state index in [9.17, 15) is 5.11 Å². The van der Waals surface area contributed by atoms with Crippen LogP contribution in [0.25, 0.3) is 22.0 Å². The van der Waals surface area contributed by atoms with Gasteiger partial charge in [-0.05, 0) is 60.9 Å². The molecule has 0 fully saturated rings. The van der Waals surface area contributed by atoms with Crippen molar-refractivity contribution >= 4 is 10.8 Å². The highest BCUT2D eigenvalue weighted by Crippen LogP contribution is 2.32. The molecule has 3 heteroatoms. The summed E-state index contributed by atoms with van der Waals surface area (Å²) in [7, 11) is 1.52. The zero-order chi connectivity index (χ0) is 19.0. The zero-order valence-corrected chi connectivity index (χ0v) is 16.5. The Kier molecular flexibility index (Phi) is 5.12. The summed E-state index contributed by atoms with van der Waals surface area (Å²) in [6, 6.07) is 13.0. The van der Waals surface area contributed by atoms with Crippen molar-refractivity contribution in [2.45, 2.75) is 47.0 Å². The Morgan fingerprint density at radius 2 is 1.73 bits per heavy atom. The van der Waals surface area contributed by atoms with Gasteiger partial charge in [0.2, 0.25) is 5.69 Å². The van der Waals surface area contributed by atoms with Crippen LogP contribution in [0.1, 0.15) is 48.4 Å². The molecule has 3 rings (SSSR count). The fourth-order valence-corrected chi connectivity index (χ4v) is 3.54. The van der Waals surface area contributed by atoms with E-state index < -0.39 is 6.41 Å². The maximum Gasteiger partial charge on any atom is 0.378 e. The number of ether oxygens (including phenoxy) is 1. The summed E-state index contributed by atoms with van der Waals surface area (Å²) in [4.78, 5) is 0. The molecule has 1 aromatic heterocycles. The van der Waals surface area contributed by atoms with Crippen LogP contribution < -0.4 is 4.57 Å². The fraction of sp³-hybridized carbons (Fsp3) is 0.348. The van der Waals surface area contributed by atoms with E-state index in [-0.39, 0.29) is 0 Å². The van der Waals surface area contributed by atoms with Gasteiger partial charge in [-0.1, -0.05) is 37.6 Å². The molecule has 3 nitrogen and oxygen atoms in total. The lowest BCUT2D eigenvalue weighted by Crippen LogP contribution is -2.42. The SMILES string of the molecule is CO[C@H](O)[n+]1ccc2cc(C(C)C)ccc2c1-c1cc(C)cc(C)c1C. The maximum absolute atomic E-state index is 10.4. The van der Waals surface area contributed by atoms with Crippen molar-refractivity contribution in [3.63, 3.8) is 0 Å². The third kappa shape index (κ3) is 3.25. The zero-order valence-electron chi connectivity index (χ0n) is 16.5. The molecule has 0 aliphatic carbocycles. The van der Waals surface area contributed by atoms with Crippen LogP contribution in [-0.4, -0.2) is 12.2 Å². The van der Waals surface area contributed by atoms with Crippen LogP contribution in [0.4, 0.5) is 0 Å². The van der Waals surface area contributed by atoms with Crippen molar-refractivity contribution in [1.29, 1.82) is 0 Å². The summed E-state index contributed by atoms with van der Waals surface area (Å²) in [5, 5.41) is 12.7. The van der Waals surface area contributed by atoms with E-state index in [4.69, 9.17) is 4.74 Å². The number of methoxy groups -OCH3 is 1. The van der Waals surface area contributed by atoms with Gasteiger partial charge in [0.25, 0.3) is 0 Å². The van der Waals surface area contributed by atoms with Gasteiger partial charge in [-0.25, -0.2) is 0 Å². The molecule has 26 heavy (non-hydrogen) atoms. The Labute approximate surface area is 155 Å². The average molecular weight is 350 g/mol. The summed E-state index contributed by atoms with van der Waals surface area (Å²) in [5.41, 5.74) is 7.09. The highest BCUT2D eigenvalue weighted by molar-refractivity contribution is 5.94. The van der Waals surface area contributed by atoms with E-state index in [1.54, 1.807) is 4.57 Å². The molecule has 2 aromatic carbocycles. The number of pyridine rings is 1. The lowest BCUT2D eigenvalue weighted by molar-refractivity contribution is -0.791. The average Bonchev–Trinajstić information content (AvgIpc) is 2.62. The van der Waals surface area contributed by atoms with Gasteiger partial charge in [-0.3, -0.25) is 0 Å². The molecule has 136 valence electrons. The fourth-order valence-electron chi connectivity index (χ4n) is 3.54. The normalized spacial score (nSPS) is 12.8. The number of benzene rings is 2. The summed E-state index contributed by atoms with van der Waals surface area (Å²) in [6.45, 7) is 10.8. The summed E-state index contributed by atoms with van der Waals surface area (Å²) in [5.74, 6) is 0.475. The van der Waals surface area contributed by atoms with Crippen molar-refractivity contribution < 1.29 is 14.4 Å². The van der Waals surface area contributed by atoms with Crippen LogP contribution >= 0.6 is 0 Å². The van der Waals surface area contributed by atoms with Crippen molar-refractivity contribution in [2.24, 2.45) is 0 Å². The Bertz CT molecular complexity index is 960. The summed E-state index contributed by atoms with van der Waals surface area (Å²) < 4.78 is 7.03. The quantitative estimate of drug-likeness (QED) is 0.534. The van der Waals surface area contributed by atoms with Crippen LogP contribution in [0.15, 0.2) is 42.6 Å². The molecular formula is C23H28NO2+. The first-order valence-electron chi connectivity index (χ1n) is 9.10. The Morgan fingerprint density at radius 1 is 1.00 bits per heavy atom. The lowest BCUT2D eigenvalue weighted by Gasteiger charge is -2.15. The van der Waals surface area contributed by atoms with Crippen LogP contribution in [0.3, 0.4) is 0 Å². The van der Waals surface area contributed by atoms with Crippen molar-refractivity contribution in [1.82, 2.24) is 0 Å². The number of aliphatic hydroxyl groups excluding tert-OH is 1. The van der Waals surface area contributed by atoms with Gasteiger partial charge in [-0.15, -0.1) is 4.57 Å². The van der Waals surface area contributed by atoms with Gasteiger partial charge >= 0.3 is 6.41 Å². The molecule has 1 N–H and O–H groups in total. The summed E-state index contributed by atoms with van der Waals surface area (Å²) in [6.07, 6.45) is 0.881. The largest absolute Gasteiger partial charge is 0.378 e. The van der Waals surface area contributed by atoms with Crippen molar-refractivity contribution in [3.8, 4) is 11.3 Å². The first kappa shape index (κ1) is 18.6. The number of fused-ring (bicyclic) bond motifs is 1. The third-order valence-corrected chi connectivity index (χ3v) is 5.19. The standard InChI is InChI=1S/C23H28NO2/c1-14(2)18-7-8-20-19(13-18)9-10-24(23(25)26-6)22(20)21-12-15(3)11-16(4)17(21)5/h7-14,23,25H,1-6H3/q+1/t23-/m0/s1. The van der Waals surface area contributed by atoms with Gasteiger partial charge in [0.15, 0.2) is 6.20 Å². The molecule has 0 aliphatic rings. The smallest absolute Gasteiger partial charge is 0.313 e. The number of aryl methyl sites for hydroxylation is 2. The molecule has 0 bridgehead atoms. The topological polar surface area (TPSA) is 33.3 Å². The molecule has 0 spiro atoms. The molecule has 0 radical (unpaired) electrons. The van der Waals surface area contributed by atoms with Crippen LogP contribution in [0, 0.1) is 20.8 Å². The number of aliphatic hydroxyl groups is 1. The molecule has 0 aliphatic heterocycles. The van der Waals surface area contributed by atoms with Gasteiger partial charge < -0.3 is 9.84 Å². The first-order valence-corrected chi connectivity index (χ1v) is 9.10. The number of aromatic nitrogens is 1. The van der Waals surface area contributed by atoms with Crippen molar-refractivity contribution in [3.05, 3.63) is 64.8 Å². The molecule has 3 aromatic rings. The van der Waals surface area contributed by atoms with Crippen LogP contribution in [0.2, 0.25) is 0 Å². The second kappa shape index (κ2) is 7.18. The molecule has 0 amide bonds. The minimum atomic E-state index is -1.03. The first-order chi connectivity index (χ1) is 12.3. The minimum absolute atomic E-state index is 0.475. The second-order valence-corrected chi connectivity index (χ2v) is 7.39. The highest BCUT2D eigenvalue weighted by Gasteiger charge is 2.26. The number of hydrogen-bond acceptors (Lipinski definition) is 2. The highest BCUT2D eigenvalue weighted by atomic mass is 16.6. The van der Waals surface area contributed by atoms with Crippen LogP contribution in [0.5, 0.6) is 0 Å². The van der Waals surface area contributed by atoms with E-state index in [0.717, 1.165) is 16.6 Å². The van der Waals surface area contributed by atoms with Crippen molar-refractivity contribution in [2.75, 3.05) is 7.11 Å². The number of rotatable bonds is 4. The van der Waals surface area contributed by atoms with E-state index >= 15 is 0 Å². The monoisotopic (exact) mass is 350 g/mol. The Hall–Kier alpha value is -2.23. The number of hydrogen-bond donors (Lipinski definition) is 1. The number of nitrogens with zero attached hydrogens (tertiary/aromatic N) is 1. The maximum atomic E-state index is 10.4. The van der Waals surface area contributed by atoms with E-state index in [0.29, 0.717) is 5.92 Å². The molecular weight excluding hydrogens is 322 g/mol. The Balaban J connectivity index is 2.40. The van der Waals surface area contributed by atoms with E-state index in [1.165, 1.54) is 34.7 Å². The molecule has 0 unspecified atom stereocenters. The third-order valence-electron chi connectivity index (χ3n) is 5.19. The van der Waals surface area contributed by atoms with Gasteiger partial charge in [0.05, 0.1) is 10.9 Å². The van der Waals surface area contributed by atoms with Gasteiger partial charge in [-0.2, -0.15) is 0 Å². The molecule has 0 saturated heterocycles. The van der Waals surface area contributed by atoms with E-state index in [1.807, 2.05) is 12.3 Å². The van der Waals surface area contributed by atoms with E-state index in [2.05, 4.69) is 65.0 Å². The molecule has 1 heterocycles. The molecule has 0 saturated carbocycles. The summed E-state index contributed by atoms with van der Waals surface area (Å²) >= 11 is 0.